The molecule has 0 amide bonds. The van der Waals surface area contributed by atoms with Crippen LogP contribution >= 0.6 is 54.4 Å². The minimum atomic E-state index is 0.406. The predicted molar refractivity (Wildman–Crippen MR) is 71.8 cm³/mol. The summed E-state index contributed by atoms with van der Waals surface area (Å²) in [5.41, 5.74) is 1.29. The van der Waals surface area contributed by atoms with Gasteiger partial charge < -0.3 is 5.11 Å². The van der Waals surface area contributed by atoms with Crippen molar-refractivity contribution in [2.24, 2.45) is 0 Å². The molecule has 0 bridgehead atoms. The van der Waals surface area contributed by atoms with Gasteiger partial charge in [-0.1, -0.05) is 0 Å². The van der Waals surface area contributed by atoms with Gasteiger partial charge >= 0.3 is 0 Å². The maximum absolute atomic E-state index is 9.48. The van der Waals surface area contributed by atoms with E-state index in [4.69, 9.17) is 0 Å². The standard InChI is InChI=1S/C8H9I2OP/c9-6-3-5(1-2-12)4-7(10)8(6)11/h3-4,11H,1-2,12H2. The molecule has 1 rings (SSSR count). The second kappa shape index (κ2) is 4.96. The zero-order chi connectivity index (χ0) is 9.14. The molecule has 1 N–H and O–H groups in total. The zero-order valence-corrected chi connectivity index (χ0v) is 11.8. The van der Waals surface area contributed by atoms with E-state index in [0.717, 1.165) is 19.7 Å². The van der Waals surface area contributed by atoms with E-state index in [1.54, 1.807) is 0 Å². The maximum Gasteiger partial charge on any atom is 0.142 e. The van der Waals surface area contributed by atoms with Crippen LogP contribution in [0, 0.1) is 7.14 Å². The number of aryl methyl sites for hydroxylation is 1. The topological polar surface area (TPSA) is 20.2 Å². The van der Waals surface area contributed by atoms with Crippen LogP contribution in [-0.2, 0) is 6.42 Å². The Labute approximate surface area is 102 Å². The second-order valence-electron chi connectivity index (χ2n) is 2.45. The van der Waals surface area contributed by atoms with E-state index < -0.39 is 0 Å². The first-order valence-corrected chi connectivity index (χ1v) is 6.49. The van der Waals surface area contributed by atoms with E-state index >= 15 is 0 Å². The summed E-state index contributed by atoms with van der Waals surface area (Å²) in [6.07, 6.45) is 2.12. The zero-order valence-electron chi connectivity index (χ0n) is 6.35. The third kappa shape index (κ3) is 2.70. The number of aromatic hydroxyl groups is 1. The number of halogens is 2. The SMILES string of the molecule is Oc1c(I)cc(CCP)cc1I. The molecule has 1 aromatic carbocycles. The van der Waals surface area contributed by atoms with Gasteiger partial charge in [-0.15, -0.1) is 9.24 Å². The van der Waals surface area contributed by atoms with Crippen molar-refractivity contribution in [3.05, 3.63) is 24.8 Å². The molecule has 0 heterocycles. The van der Waals surface area contributed by atoms with Gasteiger partial charge in [-0.25, -0.2) is 0 Å². The molecule has 0 spiro atoms. The number of hydrogen-bond donors (Lipinski definition) is 1. The molecular formula is C8H9I2OP. The lowest BCUT2D eigenvalue weighted by Crippen LogP contribution is -1.89. The Hall–Kier alpha value is 0.910. The van der Waals surface area contributed by atoms with Gasteiger partial charge in [0.15, 0.2) is 0 Å². The molecule has 0 fully saturated rings. The van der Waals surface area contributed by atoms with E-state index in [1.807, 2.05) is 12.1 Å². The molecular weight excluding hydrogens is 397 g/mol. The molecule has 0 saturated carbocycles. The van der Waals surface area contributed by atoms with E-state index in [9.17, 15) is 5.11 Å². The van der Waals surface area contributed by atoms with Crippen molar-refractivity contribution in [3.8, 4) is 5.75 Å². The Balaban J connectivity index is 3.04. The molecule has 1 unspecified atom stereocenters. The van der Waals surface area contributed by atoms with Gasteiger partial charge in [0.2, 0.25) is 0 Å². The molecule has 0 aliphatic rings. The molecule has 66 valence electrons. The van der Waals surface area contributed by atoms with Gasteiger partial charge in [-0.05, 0) is 75.5 Å². The lowest BCUT2D eigenvalue weighted by Gasteiger charge is -2.04. The summed E-state index contributed by atoms with van der Waals surface area (Å²) >= 11 is 4.31. The summed E-state index contributed by atoms with van der Waals surface area (Å²) in [5.74, 6) is 0.406. The lowest BCUT2D eigenvalue weighted by molar-refractivity contribution is 0.467. The highest BCUT2D eigenvalue weighted by molar-refractivity contribution is 14.1. The number of phenolic OH excluding ortho intramolecular Hbond substituents is 1. The molecule has 12 heavy (non-hydrogen) atoms. The third-order valence-corrected chi connectivity index (χ3v) is 3.44. The van der Waals surface area contributed by atoms with Crippen molar-refractivity contribution in [1.29, 1.82) is 0 Å². The van der Waals surface area contributed by atoms with Crippen molar-refractivity contribution >= 4 is 54.4 Å². The molecule has 0 aromatic heterocycles. The van der Waals surface area contributed by atoms with Gasteiger partial charge in [0, 0.05) is 0 Å². The van der Waals surface area contributed by atoms with Crippen LogP contribution in [0.1, 0.15) is 5.56 Å². The highest BCUT2D eigenvalue weighted by atomic mass is 127. The monoisotopic (exact) mass is 406 g/mol. The Morgan fingerprint density at radius 2 is 1.75 bits per heavy atom. The van der Waals surface area contributed by atoms with Gasteiger partial charge in [0.1, 0.15) is 5.75 Å². The highest BCUT2D eigenvalue weighted by Gasteiger charge is 2.04. The van der Waals surface area contributed by atoms with E-state index in [2.05, 4.69) is 54.4 Å². The minimum Gasteiger partial charge on any atom is -0.506 e. The first-order valence-electron chi connectivity index (χ1n) is 3.52. The van der Waals surface area contributed by atoms with Crippen LogP contribution in [-0.4, -0.2) is 11.3 Å². The van der Waals surface area contributed by atoms with Crippen LogP contribution in [0.5, 0.6) is 5.75 Å². The highest BCUT2D eigenvalue weighted by Crippen LogP contribution is 2.27. The molecule has 0 aliphatic carbocycles. The van der Waals surface area contributed by atoms with Crippen LogP contribution in [0.25, 0.3) is 0 Å². The van der Waals surface area contributed by atoms with Crippen LogP contribution in [0.15, 0.2) is 12.1 Å². The second-order valence-corrected chi connectivity index (χ2v) is 5.35. The Morgan fingerprint density at radius 3 is 2.17 bits per heavy atom. The first-order chi connectivity index (χ1) is 5.65. The summed E-state index contributed by atoms with van der Waals surface area (Å²) in [6, 6.07) is 4.06. The average molecular weight is 406 g/mol. The van der Waals surface area contributed by atoms with Crippen molar-refractivity contribution in [2.45, 2.75) is 6.42 Å². The van der Waals surface area contributed by atoms with Gasteiger partial charge in [0.25, 0.3) is 0 Å². The summed E-state index contributed by atoms with van der Waals surface area (Å²) in [5, 5.41) is 9.48. The van der Waals surface area contributed by atoms with Gasteiger partial charge in [0.05, 0.1) is 7.14 Å². The summed E-state index contributed by atoms with van der Waals surface area (Å²) in [7, 11) is 2.70. The Morgan fingerprint density at radius 1 is 1.25 bits per heavy atom. The first kappa shape index (κ1) is 11.0. The minimum absolute atomic E-state index is 0.406. The van der Waals surface area contributed by atoms with Crippen molar-refractivity contribution < 1.29 is 5.11 Å². The lowest BCUT2D eigenvalue weighted by atomic mass is 10.2. The number of phenols is 1. The molecule has 1 atom stereocenters. The summed E-state index contributed by atoms with van der Waals surface area (Å²) in [4.78, 5) is 0. The van der Waals surface area contributed by atoms with Crippen LogP contribution < -0.4 is 0 Å². The molecule has 0 saturated heterocycles. The van der Waals surface area contributed by atoms with E-state index in [1.165, 1.54) is 5.56 Å². The van der Waals surface area contributed by atoms with E-state index in [-0.39, 0.29) is 0 Å². The Kier molecular flexibility index (Phi) is 4.54. The fourth-order valence-electron chi connectivity index (χ4n) is 0.929. The smallest absolute Gasteiger partial charge is 0.142 e. The fraction of sp³-hybridized carbons (Fsp3) is 0.250. The molecule has 1 nitrogen and oxygen atoms in total. The van der Waals surface area contributed by atoms with Gasteiger partial charge in [-0.3, -0.25) is 0 Å². The molecule has 0 radical (unpaired) electrons. The maximum atomic E-state index is 9.48. The average Bonchev–Trinajstić information content (AvgIpc) is 2.01. The number of rotatable bonds is 2. The summed E-state index contributed by atoms with van der Waals surface area (Å²) in [6.45, 7) is 0. The molecule has 4 heteroatoms. The van der Waals surface area contributed by atoms with Crippen LogP contribution in [0.4, 0.5) is 0 Å². The van der Waals surface area contributed by atoms with Crippen molar-refractivity contribution in [1.82, 2.24) is 0 Å². The normalized spacial score (nSPS) is 10.2. The predicted octanol–water partition coefficient (Wildman–Crippen LogP) is 3.02. The van der Waals surface area contributed by atoms with Crippen LogP contribution in [0.2, 0.25) is 0 Å². The number of benzene rings is 1. The third-order valence-electron chi connectivity index (χ3n) is 1.51. The Bertz CT molecular complexity index is 265. The van der Waals surface area contributed by atoms with Gasteiger partial charge in [-0.2, -0.15) is 0 Å². The van der Waals surface area contributed by atoms with E-state index in [0.29, 0.717) is 5.75 Å². The summed E-state index contributed by atoms with van der Waals surface area (Å²) < 4.78 is 1.88. The van der Waals surface area contributed by atoms with Crippen LogP contribution in [0.3, 0.4) is 0 Å². The molecule has 1 aromatic rings. The number of hydrogen-bond acceptors (Lipinski definition) is 1. The fourth-order valence-corrected chi connectivity index (χ4v) is 3.16. The van der Waals surface area contributed by atoms with Crippen molar-refractivity contribution in [3.63, 3.8) is 0 Å². The molecule has 0 aliphatic heterocycles. The largest absolute Gasteiger partial charge is 0.506 e. The quantitative estimate of drug-likeness (QED) is 0.592. The van der Waals surface area contributed by atoms with Crippen molar-refractivity contribution in [2.75, 3.05) is 6.16 Å².